The summed E-state index contributed by atoms with van der Waals surface area (Å²) >= 11 is 0. The first kappa shape index (κ1) is 15.6. The van der Waals surface area contributed by atoms with Gasteiger partial charge in [-0.1, -0.05) is 18.2 Å². The van der Waals surface area contributed by atoms with E-state index in [1.54, 1.807) is 24.3 Å². The van der Waals surface area contributed by atoms with Gasteiger partial charge < -0.3 is 16.0 Å². The molecule has 0 saturated carbocycles. The fourth-order valence-electron chi connectivity index (χ4n) is 2.15. The van der Waals surface area contributed by atoms with Gasteiger partial charge in [-0.2, -0.15) is 0 Å². The number of halogens is 1. The van der Waals surface area contributed by atoms with Crippen LogP contribution in [-0.2, 0) is 0 Å². The topological polar surface area (TPSA) is 53.2 Å². The van der Waals surface area contributed by atoms with Gasteiger partial charge in [-0.25, -0.2) is 9.18 Å². The lowest BCUT2D eigenvalue weighted by atomic mass is 10.2. The van der Waals surface area contributed by atoms with Crippen LogP contribution in [0.25, 0.3) is 0 Å². The zero-order valence-electron chi connectivity index (χ0n) is 12.8. The molecule has 0 saturated heterocycles. The number of hydrogen-bond acceptors (Lipinski definition) is 2. The molecular weight excluding hydrogens is 305 g/mol. The number of benzene rings is 3. The Balaban J connectivity index is 1.58. The minimum absolute atomic E-state index is 0.274. The van der Waals surface area contributed by atoms with Crippen molar-refractivity contribution in [3.8, 4) is 0 Å². The molecule has 3 N–H and O–H groups in total. The minimum Gasteiger partial charge on any atom is -0.356 e. The normalized spacial score (nSPS) is 10.0. The summed E-state index contributed by atoms with van der Waals surface area (Å²) in [6, 6.07) is 22.3. The van der Waals surface area contributed by atoms with Gasteiger partial charge in [0.1, 0.15) is 5.82 Å². The molecule has 0 aliphatic rings. The molecule has 5 heteroatoms. The summed E-state index contributed by atoms with van der Waals surface area (Å²) in [5, 5.41) is 8.67. The molecule has 0 radical (unpaired) electrons. The van der Waals surface area contributed by atoms with Crippen LogP contribution in [0.2, 0.25) is 0 Å². The van der Waals surface area contributed by atoms with Crippen LogP contribution in [0.3, 0.4) is 0 Å². The van der Waals surface area contributed by atoms with Gasteiger partial charge in [0.05, 0.1) is 0 Å². The van der Waals surface area contributed by atoms with Crippen molar-refractivity contribution >= 4 is 28.8 Å². The number of carbonyl (C=O) groups is 1. The van der Waals surface area contributed by atoms with Crippen molar-refractivity contribution in [2.75, 3.05) is 16.0 Å². The number of anilines is 4. The molecule has 0 atom stereocenters. The molecule has 2 amide bonds. The zero-order valence-corrected chi connectivity index (χ0v) is 12.8. The highest BCUT2D eigenvalue weighted by atomic mass is 19.1. The standard InChI is InChI=1S/C19H16FN3O/c20-14-6-8-16(9-7-14)21-17-10-12-18(13-11-17)23-19(24)22-15-4-2-1-3-5-15/h1-13,21H,(H2,22,23,24). The Bertz CT molecular complexity index is 802. The van der Waals surface area contributed by atoms with Crippen LogP contribution in [0.1, 0.15) is 0 Å². The maximum Gasteiger partial charge on any atom is 0.323 e. The predicted molar refractivity (Wildman–Crippen MR) is 95.2 cm³/mol. The molecule has 0 aliphatic carbocycles. The molecule has 0 aromatic heterocycles. The van der Waals surface area contributed by atoms with Gasteiger partial charge in [0.2, 0.25) is 0 Å². The van der Waals surface area contributed by atoms with Crippen LogP contribution in [0, 0.1) is 5.82 Å². The molecular formula is C19H16FN3O. The SMILES string of the molecule is O=C(Nc1ccccc1)Nc1ccc(Nc2ccc(F)cc2)cc1. The average molecular weight is 321 g/mol. The van der Waals surface area contributed by atoms with Crippen LogP contribution in [0.5, 0.6) is 0 Å². The first-order valence-electron chi connectivity index (χ1n) is 7.45. The second-order valence-corrected chi connectivity index (χ2v) is 5.15. The van der Waals surface area contributed by atoms with Crippen molar-refractivity contribution in [2.24, 2.45) is 0 Å². The highest BCUT2D eigenvalue weighted by Gasteiger charge is 2.02. The number of amides is 2. The maximum absolute atomic E-state index is 12.9. The van der Waals surface area contributed by atoms with Gasteiger partial charge in [-0.3, -0.25) is 0 Å². The van der Waals surface area contributed by atoms with Crippen molar-refractivity contribution in [3.05, 3.63) is 84.7 Å². The number of rotatable bonds is 4. The second-order valence-electron chi connectivity index (χ2n) is 5.15. The highest BCUT2D eigenvalue weighted by molar-refractivity contribution is 5.99. The Morgan fingerprint density at radius 1 is 0.625 bits per heavy atom. The molecule has 0 fully saturated rings. The molecule has 4 nitrogen and oxygen atoms in total. The van der Waals surface area contributed by atoms with Gasteiger partial charge in [0.15, 0.2) is 0 Å². The zero-order chi connectivity index (χ0) is 16.8. The Morgan fingerprint density at radius 3 is 1.67 bits per heavy atom. The summed E-state index contributed by atoms with van der Waals surface area (Å²) in [5.41, 5.74) is 3.03. The summed E-state index contributed by atoms with van der Waals surface area (Å²) in [6.07, 6.45) is 0. The largest absolute Gasteiger partial charge is 0.356 e. The number of nitrogens with one attached hydrogen (secondary N) is 3. The van der Waals surface area contributed by atoms with E-state index in [4.69, 9.17) is 0 Å². The van der Waals surface area contributed by atoms with Crippen LogP contribution in [0.15, 0.2) is 78.9 Å². The number of carbonyl (C=O) groups excluding carboxylic acids is 1. The molecule has 0 spiro atoms. The lowest BCUT2D eigenvalue weighted by Crippen LogP contribution is -2.19. The Hall–Kier alpha value is -3.34. The van der Waals surface area contributed by atoms with Gasteiger partial charge in [-0.15, -0.1) is 0 Å². The lowest BCUT2D eigenvalue weighted by molar-refractivity contribution is 0.262. The number of para-hydroxylation sites is 1. The molecule has 24 heavy (non-hydrogen) atoms. The smallest absolute Gasteiger partial charge is 0.323 e. The van der Waals surface area contributed by atoms with Gasteiger partial charge in [0.25, 0.3) is 0 Å². The van der Waals surface area contributed by atoms with E-state index >= 15 is 0 Å². The predicted octanol–water partition coefficient (Wildman–Crippen LogP) is 5.21. The van der Waals surface area contributed by atoms with E-state index in [0.717, 1.165) is 17.1 Å². The molecule has 0 bridgehead atoms. The Kier molecular flexibility index (Phi) is 4.72. The molecule has 0 heterocycles. The van der Waals surface area contributed by atoms with Gasteiger partial charge in [-0.05, 0) is 60.7 Å². The maximum atomic E-state index is 12.9. The van der Waals surface area contributed by atoms with Crippen LogP contribution < -0.4 is 16.0 Å². The van der Waals surface area contributed by atoms with Crippen molar-refractivity contribution in [1.29, 1.82) is 0 Å². The monoisotopic (exact) mass is 321 g/mol. The summed E-state index contributed by atoms with van der Waals surface area (Å²) in [6.45, 7) is 0. The molecule has 3 aromatic carbocycles. The summed E-state index contributed by atoms with van der Waals surface area (Å²) in [7, 11) is 0. The van der Waals surface area contributed by atoms with Crippen molar-refractivity contribution < 1.29 is 9.18 Å². The fourth-order valence-corrected chi connectivity index (χ4v) is 2.15. The summed E-state index contributed by atoms with van der Waals surface area (Å²) < 4.78 is 12.9. The fraction of sp³-hybridized carbons (Fsp3) is 0. The van der Waals surface area contributed by atoms with Crippen molar-refractivity contribution in [1.82, 2.24) is 0 Å². The number of hydrogen-bond donors (Lipinski definition) is 3. The first-order chi connectivity index (χ1) is 11.7. The van der Waals surface area contributed by atoms with Crippen molar-refractivity contribution in [2.45, 2.75) is 0 Å². The Morgan fingerprint density at radius 2 is 1.08 bits per heavy atom. The third-order valence-corrected chi connectivity index (χ3v) is 3.31. The van der Waals surface area contributed by atoms with Crippen LogP contribution >= 0.6 is 0 Å². The van der Waals surface area contributed by atoms with E-state index in [1.807, 2.05) is 42.5 Å². The van der Waals surface area contributed by atoms with E-state index in [2.05, 4.69) is 16.0 Å². The Labute approximate surface area is 139 Å². The van der Waals surface area contributed by atoms with E-state index in [-0.39, 0.29) is 11.8 Å². The summed E-state index contributed by atoms with van der Waals surface area (Å²) in [4.78, 5) is 11.9. The first-order valence-corrected chi connectivity index (χ1v) is 7.45. The van der Waals surface area contributed by atoms with Gasteiger partial charge >= 0.3 is 6.03 Å². The quantitative estimate of drug-likeness (QED) is 0.617. The lowest BCUT2D eigenvalue weighted by Gasteiger charge is -2.09. The van der Waals surface area contributed by atoms with E-state index in [9.17, 15) is 9.18 Å². The van der Waals surface area contributed by atoms with Crippen LogP contribution in [0.4, 0.5) is 31.9 Å². The van der Waals surface area contributed by atoms with Crippen LogP contribution in [-0.4, -0.2) is 6.03 Å². The number of urea groups is 1. The molecule has 0 unspecified atom stereocenters. The molecule has 3 aromatic rings. The molecule has 0 aliphatic heterocycles. The van der Waals surface area contributed by atoms with Gasteiger partial charge in [0, 0.05) is 22.7 Å². The minimum atomic E-state index is -0.305. The molecule has 3 rings (SSSR count). The summed E-state index contributed by atoms with van der Waals surface area (Å²) in [5.74, 6) is -0.274. The van der Waals surface area contributed by atoms with E-state index in [1.165, 1.54) is 12.1 Å². The second kappa shape index (κ2) is 7.28. The molecule has 120 valence electrons. The van der Waals surface area contributed by atoms with E-state index in [0.29, 0.717) is 5.69 Å². The average Bonchev–Trinajstić information content (AvgIpc) is 2.59. The highest BCUT2D eigenvalue weighted by Crippen LogP contribution is 2.19. The third kappa shape index (κ3) is 4.33. The van der Waals surface area contributed by atoms with E-state index < -0.39 is 0 Å². The third-order valence-electron chi connectivity index (χ3n) is 3.31. The van der Waals surface area contributed by atoms with Crippen molar-refractivity contribution in [3.63, 3.8) is 0 Å².